The van der Waals surface area contributed by atoms with Crippen LogP contribution < -0.4 is 0 Å². The van der Waals surface area contributed by atoms with Crippen LogP contribution in [0.4, 0.5) is 18.9 Å². The van der Waals surface area contributed by atoms with Crippen molar-refractivity contribution in [2.45, 2.75) is 13.1 Å². The maximum Gasteiger partial charge on any atom is 0.416 e. The average Bonchev–Trinajstić information content (AvgIpc) is 1.56. The van der Waals surface area contributed by atoms with Crippen molar-refractivity contribution < 1.29 is 13.2 Å². The molecule has 0 N–H and O–H groups in total. The summed E-state index contributed by atoms with van der Waals surface area (Å²) in [5.41, 5.74) is 12.9. The number of hydrogen-bond donors (Lipinski definition) is 0. The molecular weight excluding hydrogens is 1460 g/mol. The monoisotopic (exact) mass is 1520 g/mol. The molecule has 0 aliphatic carbocycles. The van der Waals surface area contributed by atoms with Crippen LogP contribution in [0.25, 0.3) is 208 Å². The van der Waals surface area contributed by atoms with Gasteiger partial charge in [-0.3, -0.25) is 0 Å². The second-order valence-electron chi connectivity index (χ2n) is 28.3. The highest BCUT2D eigenvalue weighted by Gasteiger charge is 2.33. The number of rotatable bonds is 15. The molecule has 0 aliphatic rings. The summed E-state index contributed by atoms with van der Waals surface area (Å²) >= 11 is 0. The molecule has 0 saturated heterocycles. The zero-order valence-electron chi connectivity index (χ0n) is 62.3. The SMILES string of the molecule is [C-]#[N+]c1cc(-n2c3ccc(-c4nc(-c5ccccc5)nc(-c5ccccc5)n4)cc3c3cc(-c4nc(-c5ccccc5)nc(-c5ccccc5)n4)ccc32)c(-n2c3ccc(-c4nc(-c5ccccc5)nc(-c5ccccc5)n4)cc3c3cc(-c4nc(-c5ccccc5)nc(-c5ccccc5)n4)ccc32)cc1-c1cc(C)cc(C(F)(F)F)c1. The molecule has 0 atom stereocenters. The van der Waals surface area contributed by atoms with Gasteiger partial charge in [0.15, 0.2) is 75.6 Å². The van der Waals surface area contributed by atoms with Crippen molar-refractivity contribution in [2.24, 2.45) is 0 Å². The van der Waals surface area contributed by atoms with E-state index in [4.69, 9.17) is 59.8 Å². The third-order valence-electron chi connectivity index (χ3n) is 20.8. The van der Waals surface area contributed by atoms with E-state index in [0.717, 1.165) is 78.2 Å². The minimum Gasteiger partial charge on any atom is -0.308 e. The van der Waals surface area contributed by atoms with E-state index in [1.54, 1.807) is 19.1 Å². The van der Waals surface area contributed by atoms with Crippen molar-refractivity contribution in [3.05, 3.63) is 368 Å². The van der Waals surface area contributed by atoms with Crippen molar-refractivity contribution in [1.82, 2.24) is 68.9 Å². The Labute approximate surface area is 668 Å². The molecule has 20 rings (SSSR count). The molecule has 0 amide bonds. The van der Waals surface area contributed by atoms with E-state index < -0.39 is 11.7 Å². The normalized spacial score (nSPS) is 11.6. The third-order valence-corrected chi connectivity index (χ3v) is 20.8. The van der Waals surface area contributed by atoms with Crippen LogP contribution in [0.2, 0.25) is 0 Å². The lowest BCUT2D eigenvalue weighted by Gasteiger charge is -2.20. The first kappa shape index (κ1) is 70.1. The number of alkyl halides is 3. The maximum absolute atomic E-state index is 15.3. The second-order valence-corrected chi connectivity index (χ2v) is 28.3. The Morgan fingerprint density at radius 1 is 0.239 bits per heavy atom. The van der Waals surface area contributed by atoms with Gasteiger partial charge in [-0.1, -0.05) is 249 Å². The van der Waals surface area contributed by atoms with E-state index in [1.807, 2.05) is 297 Å². The van der Waals surface area contributed by atoms with Crippen molar-refractivity contribution >= 4 is 49.3 Å². The Bertz CT molecular complexity index is 6690. The number of benzene rings is 14. The van der Waals surface area contributed by atoms with Crippen LogP contribution >= 0.6 is 0 Å². The van der Waals surface area contributed by atoms with Crippen molar-refractivity contribution in [2.75, 3.05) is 0 Å². The highest BCUT2D eigenvalue weighted by Crippen LogP contribution is 2.47. The van der Waals surface area contributed by atoms with Gasteiger partial charge in [0.25, 0.3) is 0 Å². The summed E-state index contributed by atoms with van der Waals surface area (Å²) in [7, 11) is 0. The second kappa shape index (κ2) is 29.3. The standard InChI is InChI=1S/C99H60F3N15/c1-60-51-73(53-74(52-60)99(100,101)102)75-58-85(116-81-47-43-69(95-108-87(61-27-11-3-12-28-61)104-88(109-95)62-29-13-4-14-30-62)54-76(81)77-55-70(44-48-82(77)116)96-110-89(63-31-15-5-16-32-63)105-90(111-96)64-33-17-6-18-34-64)86(59-80(75)103-2)117-83-49-45-71(97-112-91(65-35-19-7-20-36-65)106-92(113-97)66-37-21-8-22-38-66)56-78(83)79-57-72(46-50-84(79)117)98-114-93(67-39-23-9-24-40-67)107-94(115-98)68-41-25-10-26-42-68/h3-59H,1H3. The fourth-order valence-electron chi connectivity index (χ4n) is 15.2. The summed E-state index contributed by atoms with van der Waals surface area (Å²) < 4.78 is 50.3. The van der Waals surface area contributed by atoms with Crippen LogP contribution in [0.15, 0.2) is 346 Å². The summed E-state index contributed by atoms with van der Waals surface area (Å²) in [5, 5.41) is 2.98. The fraction of sp³-hybridized carbons (Fsp3) is 0.0202. The van der Waals surface area contributed by atoms with Gasteiger partial charge in [-0.15, -0.1) is 0 Å². The van der Waals surface area contributed by atoms with Crippen LogP contribution in [-0.4, -0.2) is 68.9 Å². The molecule has 14 aromatic carbocycles. The molecule has 18 heteroatoms. The van der Waals surface area contributed by atoms with Gasteiger partial charge in [0.2, 0.25) is 0 Å². The van der Waals surface area contributed by atoms with Gasteiger partial charge in [0, 0.05) is 88.3 Å². The molecule has 6 heterocycles. The minimum absolute atomic E-state index is 0.0942. The van der Waals surface area contributed by atoms with Crippen molar-refractivity contribution in [3.63, 3.8) is 0 Å². The van der Waals surface area contributed by atoms with E-state index in [1.165, 1.54) is 0 Å². The Hall–Kier alpha value is -16.0. The number of fused-ring (bicyclic) bond motifs is 6. The van der Waals surface area contributed by atoms with Gasteiger partial charge in [-0.05, 0) is 121 Å². The first-order valence-electron chi connectivity index (χ1n) is 37.8. The third kappa shape index (κ3) is 13.4. The van der Waals surface area contributed by atoms with Crippen LogP contribution in [0.5, 0.6) is 0 Å². The van der Waals surface area contributed by atoms with Crippen LogP contribution in [0.3, 0.4) is 0 Å². The first-order chi connectivity index (χ1) is 57.4. The number of nitrogens with zero attached hydrogens (tertiary/aromatic N) is 15. The zero-order valence-corrected chi connectivity index (χ0v) is 62.3. The number of hydrogen-bond acceptors (Lipinski definition) is 12. The fourth-order valence-corrected chi connectivity index (χ4v) is 15.2. The lowest BCUT2D eigenvalue weighted by atomic mass is 9.97. The Morgan fingerprint density at radius 2 is 0.462 bits per heavy atom. The van der Waals surface area contributed by atoms with Gasteiger partial charge in [-0.2, -0.15) is 13.2 Å². The number of aromatic nitrogens is 14. The molecule has 0 unspecified atom stereocenters. The van der Waals surface area contributed by atoms with Gasteiger partial charge >= 0.3 is 6.18 Å². The van der Waals surface area contributed by atoms with Gasteiger partial charge in [0.1, 0.15) is 0 Å². The topological polar surface area (TPSA) is 169 Å². The summed E-state index contributed by atoms with van der Waals surface area (Å²) in [6, 6.07) is 110. The molecule has 20 aromatic rings. The molecule has 0 bridgehead atoms. The molecule has 6 aromatic heterocycles. The lowest BCUT2D eigenvalue weighted by molar-refractivity contribution is -0.137. The number of halogens is 3. The summed E-state index contributed by atoms with van der Waals surface area (Å²) in [5.74, 6) is 5.42. The largest absolute Gasteiger partial charge is 0.416 e. The van der Waals surface area contributed by atoms with Crippen LogP contribution in [0.1, 0.15) is 11.1 Å². The number of aryl methyl sites for hydroxylation is 1. The highest BCUT2D eigenvalue weighted by molar-refractivity contribution is 6.14. The van der Waals surface area contributed by atoms with Gasteiger partial charge < -0.3 is 9.13 Å². The van der Waals surface area contributed by atoms with Crippen LogP contribution in [-0.2, 0) is 6.18 Å². The quantitative estimate of drug-likeness (QED) is 0.0892. The van der Waals surface area contributed by atoms with Gasteiger partial charge in [0.05, 0.1) is 45.6 Å². The van der Waals surface area contributed by atoms with E-state index >= 15 is 13.2 Å². The Balaban J connectivity index is 0.885. The Kier molecular flexibility index (Phi) is 17.5. The predicted octanol–water partition coefficient (Wildman–Crippen LogP) is 24.2. The Morgan fingerprint density at radius 3 is 0.684 bits per heavy atom. The van der Waals surface area contributed by atoms with Crippen molar-refractivity contribution in [1.29, 1.82) is 0 Å². The highest BCUT2D eigenvalue weighted by atomic mass is 19.4. The minimum atomic E-state index is -4.73. The molecule has 0 radical (unpaired) electrons. The molecule has 117 heavy (non-hydrogen) atoms. The lowest BCUT2D eigenvalue weighted by Crippen LogP contribution is -2.06. The molecule has 15 nitrogen and oxygen atoms in total. The van der Waals surface area contributed by atoms with Gasteiger partial charge in [-0.25, -0.2) is 64.7 Å². The van der Waals surface area contributed by atoms with E-state index in [9.17, 15) is 6.57 Å². The van der Waals surface area contributed by atoms with Crippen molar-refractivity contribution in [3.8, 4) is 159 Å². The summed E-state index contributed by atoms with van der Waals surface area (Å²) in [4.78, 5) is 66.3. The summed E-state index contributed by atoms with van der Waals surface area (Å²) in [6.45, 7) is 10.8. The molecular formula is C99H60F3N15. The van der Waals surface area contributed by atoms with E-state index in [-0.39, 0.29) is 16.8 Å². The maximum atomic E-state index is 15.3. The summed E-state index contributed by atoms with van der Waals surface area (Å²) in [6.07, 6.45) is -4.73. The first-order valence-corrected chi connectivity index (χ1v) is 37.8. The van der Waals surface area contributed by atoms with E-state index in [2.05, 4.69) is 38.2 Å². The zero-order chi connectivity index (χ0) is 78.7. The molecule has 0 saturated carbocycles. The van der Waals surface area contributed by atoms with Crippen LogP contribution in [0, 0.1) is 13.5 Å². The molecule has 0 fully saturated rings. The molecule has 552 valence electrons. The average molecular weight is 1520 g/mol. The molecule has 0 aliphatic heterocycles. The van der Waals surface area contributed by atoms with E-state index in [0.29, 0.717) is 131 Å². The predicted molar refractivity (Wildman–Crippen MR) is 455 cm³/mol. The smallest absolute Gasteiger partial charge is 0.308 e. The molecule has 0 spiro atoms.